The predicted octanol–water partition coefficient (Wildman–Crippen LogP) is 2.22. The number of fused-ring (bicyclic) bond motifs is 3. The highest BCUT2D eigenvalue weighted by Crippen LogP contribution is 2.34. The number of aromatic amines is 1. The van der Waals surface area contributed by atoms with E-state index in [1.807, 2.05) is 30.3 Å². The van der Waals surface area contributed by atoms with Gasteiger partial charge in [0.1, 0.15) is 11.5 Å². The third kappa shape index (κ3) is 2.11. The molecule has 6 heteroatoms. The topological polar surface area (TPSA) is 86.4 Å². The maximum absolute atomic E-state index is 12.3. The maximum atomic E-state index is 12.3. The summed E-state index contributed by atoms with van der Waals surface area (Å²) in [7, 11) is 1.61. The van der Waals surface area contributed by atoms with E-state index < -0.39 is 0 Å². The van der Waals surface area contributed by atoms with Crippen LogP contribution in [0.1, 0.15) is 27.7 Å². The highest BCUT2D eigenvalue weighted by molar-refractivity contribution is 6.09. The van der Waals surface area contributed by atoms with E-state index in [1.54, 1.807) is 19.2 Å². The standard InChI is InChI=1S/C17H15N3O3/c1-23-11-6-7-12-13(8-11)18-16-14(12)17(22)20-19-15(16)9-2-4-10(21)5-3-9/h2-8,15,18-19,21H,1H3,(H,20,22). The molecule has 23 heavy (non-hydrogen) atoms. The molecule has 4 rings (SSSR count). The predicted molar refractivity (Wildman–Crippen MR) is 85.4 cm³/mol. The number of rotatable bonds is 2. The Balaban J connectivity index is 1.90. The summed E-state index contributed by atoms with van der Waals surface area (Å²) in [5.74, 6) is 0.757. The molecule has 0 saturated heterocycles. The molecule has 4 N–H and O–H groups in total. The van der Waals surface area contributed by atoms with Crippen molar-refractivity contribution < 1.29 is 14.6 Å². The van der Waals surface area contributed by atoms with Gasteiger partial charge in [-0.1, -0.05) is 12.1 Å². The fraction of sp³-hybridized carbons (Fsp3) is 0.118. The number of phenolic OH excluding ortho intramolecular Hbond substituents is 1. The second kappa shape index (κ2) is 5.03. The van der Waals surface area contributed by atoms with E-state index in [4.69, 9.17) is 4.74 Å². The lowest BCUT2D eigenvalue weighted by Gasteiger charge is -2.24. The summed E-state index contributed by atoms with van der Waals surface area (Å²) in [6, 6.07) is 12.2. The summed E-state index contributed by atoms with van der Waals surface area (Å²) in [5, 5.41) is 10.3. The smallest absolute Gasteiger partial charge is 0.267 e. The van der Waals surface area contributed by atoms with Gasteiger partial charge < -0.3 is 14.8 Å². The number of amides is 1. The van der Waals surface area contributed by atoms with Crippen LogP contribution in [0.4, 0.5) is 0 Å². The summed E-state index contributed by atoms with van der Waals surface area (Å²) < 4.78 is 5.24. The molecule has 0 radical (unpaired) electrons. The molecule has 1 aliphatic rings. The van der Waals surface area contributed by atoms with Gasteiger partial charge in [-0.2, -0.15) is 0 Å². The van der Waals surface area contributed by atoms with E-state index in [9.17, 15) is 9.90 Å². The third-order valence-electron chi connectivity index (χ3n) is 4.11. The van der Waals surface area contributed by atoms with Gasteiger partial charge in [-0.15, -0.1) is 0 Å². The number of aromatic hydroxyl groups is 1. The fourth-order valence-electron chi connectivity index (χ4n) is 2.97. The third-order valence-corrected chi connectivity index (χ3v) is 4.11. The summed E-state index contributed by atoms with van der Waals surface area (Å²) in [6.07, 6.45) is 0. The van der Waals surface area contributed by atoms with E-state index in [0.29, 0.717) is 5.56 Å². The van der Waals surface area contributed by atoms with Gasteiger partial charge in [-0.3, -0.25) is 10.2 Å². The Kier molecular flexibility index (Phi) is 2.99. The Labute approximate surface area is 132 Å². The number of benzene rings is 2. The summed E-state index contributed by atoms with van der Waals surface area (Å²) in [6.45, 7) is 0. The quantitative estimate of drug-likeness (QED) is 0.584. The Hall–Kier alpha value is -2.99. The average molecular weight is 309 g/mol. The zero-order valence-electron chi connectivity index (χ0n) is 12.4. The normalized spacial score (nSPS) is 16.9. The minimum Gasteiger partial charge on any atom is -0.508 e. The second-order valence-electron chi connectivity index (χ2n) is 5.45. The van der Waals surface area contributed by atoms with Crippen molar-refractivity contribution in [2.24, 2.45) is 0 Å². The van der Waals surface area contributed by atoms with E-state index in [2.05, 4.69) is 15.8 Å². The van der Waals surface area contributed by atoms with Crippen LogP contribution in [0.3, 0.4) is 0 Å². The van der Waals surface area contributed by atoms with Gasteiger partial charge in [0.25, 0.3) is 5.91 Å². The van der Waals surface area contributed by atoms with E-state index in [0.717, 1.165) is 27.9 Å². The lowest BCUT2D eigenvalue weighted by Crippen LogP contribution is -2.45. The van der Waals surface area contributed by atoms with Crippen molar-refractivity contribution in [3.8, 4) is 11.5 Å². The Morgan fingerprint density at radius 1 is 1.13 bits per heavy atom. The number of ether oxygens (including phenoxy) is 1. The summed E-state index contributed by atoms with van der Waals surface area (Å²) in [4.78, 5) is 15.6. The van der Waals surface area contributed by atoms with Crippen LogP contribution in [0, 0.1) is 0 Å². The first-order valence-electron chi connectivity index (χ1n) is 7.22. The minimum absolute atomic E-state index is 0.175. The van der Waals surface area contributed by atoms with Gasteiger partial charge in [0.05, 0.1) is 29.9 Å². The molecule has 0 aliphatic carbocycles. The Morgan fingerprint density at radius 2 is 1.91 bits per heavy atom. The van der Waals surface area contributed by atoms with Gasteiger partial charge in [0.2, 0.25) is 0 Å². The summed E-state index contributed by atoms with van der Waals surface area (Å²) >= 11 is 0. The van der Waals surface area contributed by atoms with Gasteiger partial charge in [-0.05, 0) is 29.8 Å². The van der Waals surface area contributed by atoms with Crippen LogP contribution >= 0.6 is 0 Å². The molecule has 1 unspecified atom stereocenters. The van der Waals surface area contributed by atoms with Gasteiger partial charge >= 0.3 is 0 Å². The number of phenols is 1. The second-order valence-corrected chi connectivity index (χ2v) is 5.45. The largest absolute Gasteiger partial charge is 0.508 e. The Bertz CT molecular complexity index is 899. The summed E-state index contributed by atoms with van der Waals surface area (Å²) in [5.41, 5.74) is 8.91. The maximum Gasteiger partial charge on any atom is 0.267 e. The molecule has 1 aliphatic heterocycles. The minimum atomic E-state index is -0.221. The zero-order chi connectivity index (χ0) is 16.0. The van der Waals surface area contributed by atoms with Crippen LogP contribution in [0.25, 0.3) is 10.9 Å². The molecule has 2 heterocycles. The number of aromatic nitrogens is 1. The van der Waals surface area contributed by atoms with Crippen molar-refractivity contribution >= 4 is 16.8 Å². The molecule has 116 valence electrons. The van der Waals surface area contributed by atoms with Crippen molar-refractivity contribution in [2.45, 2.75) is 6.04 Å². The molecule has 1 aromatic heterocycles. The first kappa shape index (κ1) is 13.7. The highest BCUT2D eigenvalue weighted by atomic mass is 16.5. The van der Waals surface area contributed by atoms with Crippen LogP contribution in [0.5, 0.6) is 11.5 Å². The van der Waals surface area contributed by atoms with Crippen LogP contribution in [0.2, 0.25) is 0 Å². The van der Waals surface area contributed by atoms with E-state index >= 15 is 0 Å². The highest BCUT2D eigenvalue weighted by Gasteiger charge is 2.30. The molecular formula is C17H15N3O3. The lowest BCUT2D eigenvalue weighted by molar-refractivity contribution is 0.0914. The molecular weight excluding hydrogens is 294 g/mol. The van der Waals surface area contributed by atoms with Crippen molar-refractivity contribution in [1.82, 2.24) is 15.8 Å². The van der Waals surface area contributed by atoms with Crippen molar-refractivity contribution in [1.29, 1.82) is 0 Å². The van der Waals surface area contributed by atoms with Crippen LogP contribution < -0.4 is 15.6 Å². The molecule has 0 bridgehead atoms. The zero-order valence-corrected chi connectivity index (χ0v) is 12.4. The first-order chi connectivity index (χ1) is 11.2. The average Bonchev–Trinajstić information content (AvgIpc) is 2.95. The van der Waals surface area contributed by atoms with Crippen molar-refractivity contribution in [3.05, 3.63) is 59.3 Å². The van der Waals surface area contributed by atoms with Crippen LogP contribution in [0.15, 0.2) is 42.5 Å². The lowest BCUT2D eigenvalue weighted by atomic mass is 9.98. The molecule has 0 fully saturated rings. The molecule has 0 saturated carbocycles. The molecule has 0 spiro atoms. The van der Waals surface area contributed by atoms with Crippen LogP contribution in [-0.2, 0) is 0 Å². The number of H-pyrrole nitrogens is 1. The van der Waals surface area contributed by atoms with Gasteiger partial charge in [0, 0.05) is 11.5 Å². The Morgan fingerprint density at radius 3 is 2.65 bits per heavy atom. The number of carbonyl (C=O) groups excluding carboxylic acids is 1. The number of hydrazine groups is 1. The van der Waals surface area contributed by atoms with Gasteiger partial charge in [0.15, 0.2) is 0 Å². The fourth-order valence-corrected chi connectivity index (χ4v) is 2.97. The molecule has 1 amide bonds. The van der Waals surface area contributed by atoms with E-state index in [1.165, 1.54) is 0 Å². The van der Waals surface area contributed by atoms with Crippen LogP contribution in [-0.4, -0.2) is 23.1 Å². The number of hydrogen-bond acceptors (Lipinski definition) is 4. The van der Waals surface area contributed by atoms with Gasteiger partial charge in [-0.25, -0.2) is 5.43 Å². The molecule has 3 aromatic rings. The number of nitrogens with one attached hydrogen (secondary N) is 3. The SMILES string of the molecule is COc1ccc2c3c([nH]c2c1)C(c1ccc(O)cc1)NNC3=O. The van der Waals surface area contributed by atoms with Crippen molar-refractivity contribution in [2.75, 3.05) is 7.11 Å². The first-order valence-corrected chi connectivity index (χ1v) is 7.22. The monoisotopic (exact) mass is 309 g/mol. The number of hydrogen-bond donors (Lipinski definition) is 4. The molecule has 2 aromatic carbocycles. The molecule has 6 nitrogen and oxygen atoms in total. The van der Waals surface area contributed by atoms with Crippen molar-refractivity contribution in [3.63, 3.8) is 0 Å². The number of methoxy groups -OCH3 is 1. The number of carbonyl (C=O) groups is 1. The van der Waals surface area contributed by atoms with E-state index in [-0.39, 0.29) is 17.7 Å². The molecule has 1 atom stereocenters.